The van der Waals surface area contributed by atoms with Crippen LogP contribution < -0.4 is 5.01 Å². The molecule has 0 aromatic carbocycles. The summed E-state index contributed by atoms with van der Waals surface area (Å²) >= 11 is 1.21. The molecule has 0 radical (unpaired) electrons. The molecule has 2 aromatic heterocycles. The third-order valence-corrected chi connectivity index (χ3v) is 3.62. The maximum Gasteiger partial charge on any atom is 0.313 e. The second-order valence-corrected chi connectivity index (χ2v) is 5.27. The molecule has 19 heavy (non-hydrogen) atoms. The van der Waals surface area contributed by atoms with Crippen molar-refractivity contribution < 1.29 is 9.90 Å². The van der Waals surface area contributed by atoms with E-state index in [1.54, 1.807) is 4.68 Å². The number of carboxylic acid groups (broad SMARTS) is 1. The summed E-state index contributed by atoms with van der Waals surface area (Å²) < 4.78 is 3.67. The first kappa shape index (κ1) is 13.7. The van der Waals surface area contributed by atoms with Crippen LogP contribution in [0.15, 0.2) is 5.16 Å². The molecular weight excluding hydrogens is 266 g/mol. The Kier molecular flexibility index (Phi) is 3.70. The minimum absolute atomic E-state index is 0.00789. The molecule has 0 bridgehead atoms. The van der Waals surface area contributed by atoms with Gasteiger partial charge in [0.25, 0.3) is 0 Å². The van der Waals surface area contributed by atoms with E-state index in [1.807, 2.05) is 37.8 Å². The predicted octanol–water partition coefficient (Wildman–Crippen LogP) is 0.706. The highest BCUT2D eigenvalue weighted by Gasteiger charge is 2.20. The SMILES string of the molecule is CCc1nn(C)c2c1nc(SCC(=O)O)n2N(C)C. The highest BCUT2D eigenvalue weighted by atomic mass is 32.2. The molecule has 7 nitrogen and oxygen atoms in total. The van der Waals surface area contributed by atoms with Crippen molar-refractivity contribution in [3.05, 3.63) is 5.69 Å². The Hall–Kier alpha value is -1.70. The fraction of sp³-hybridized carbons (Fsp3) is 0.545. The lowest BCUT2D eigenvalue weighted by atomic mass is 10.3. The van der Waals surface area contributed by atoms with E-state index in [0.29, 0.717) is 5.16 Å². The van der Waals surface area contributed by atoms with Crippen LogP contribution in [-0.2, 0) is 18.3 Å². The average molecular weight is 283 g/mol. The van der Waals surface area contributed by atoms with E-state index < -0.39 is 5.97 Å². The topological polar surface area (TPSA) is 76.2 Å². The van der Waals surface area contributed by atoms with Gasteiger partial charge in [0.2, 0.25) is 0 Å². The summed E-state index contributed by atoms with van der Waals surface area (Å²) in [4.78, 5) is 15.2. The van der Waals surface area contributed by atoms with Crippen LogP contribution in [-0.4, -0.2) is 50.4 Å². The summed E-state index contributed by atoms with van der Waals surface area (Å²) in [5, 5.41) is 15.8. The van der Waals surface area contributed by atoms with Crippen LogP contribution in [0.1, 0.15) is 12.6 Å². The molecule has 2 heterocycles. The Morgan fingerprint density at radius 2 is 2.16 bits per heavy atom. The van der Waals surface area contributed by atoms with Gasteiger partial charge in [-0.15, -0.1) is 0 Å². The Labute approximate surface area is 115 Å². The summed E-state index contributed by atoms with van der Waals surface area (Å²) in [7, 11) is 5.66. The Balaban J connectivity index is 2.57. The molecule has 0 aliphatic heterocycles. The van der Waals surface area contributed by atoms with Crippen molar-refractivity contribution in [2.24, 2.45) is 7.05 Å². The highest BCUT2D eigenvalue weighted by molar-refractivity contribution is 7.99. The number of aromatic nitrogens is 4. The fourth-order valence-corrected chi connectivity index (χ4v) is 2.74. The summed E-state index contributed by atoms with van der Waals surface area (Å²) in [5.41, 5.74) is 2.65. The van der Waals surface area contributed by atoms with E-state index in [9.17, 15) is 4.79 Å². The summed E-state index contributed by atoms with van der Waals surface area (Å²) in [5.74, 6) is -0.859. The minimum atomic E-state index is -0.851. The quantitative estimate of drug-likeness (QED) is 0.814. The number of hydrogen-bond donors (Lipinski definition) is 1. The summed E-state index contributed by atoms with van der Waals surface area (Å²) in [6.07, 6.45) is 0.796. The van der Waals surface area contributed by atoms with E-state index in [2.05, 4.69) is 10.1 Å². The molecular formula is C11H17N5O2S. The third-order valence-electron chi connectivity index (χ3n) is 2.71. The van der Waals surface area contributed by atoms with Crippen molar-refractivity contribution in [3.63, 3.8) is 0 Å². The number of carboxylic acids is 1. The van der Waals surface area contributed by atoms with Gasteiger partial charge in [-0.2, -0.15) is 5.10 Å². The zero-order valence-electron chi connectivity index (χ0n) is 11.4. The normalized spacial score (nSPS) is 11.2. The standard InChI is InChI=1S/C11H17N5O2S/c1-5-7-9-10(15(4)13-7)16(14(2)3)11(12-9)19-6-8(17)18/h5-6H2,1-4H3,(H,17,18). The predicted molar refractivity (Wildman–Crippen MR) is 74.3 cm³/mol. The van der Waals surface area contributed by atoms with E-state index in [-0.39, 0.29) is 5.75 Å². The second-order valence-electron chi connectivity index (χ2n) is 4.33. The highest BCUT2D eigenvalue weighted by Crippen LogP contribution is 2.25. The van der Waals surface area contributed by atoms with Crippen LogP contribution in [0.2, 0.25) is 0 Å². The van der Waals surface area contributed by atoms with Crippen LogP contribution in [0.25, 0.3) is 11.2 Å². The van der Waals surface area contributed by atoms with E-state index in [4.69, 9.17) is 5.11 Å². The molecule has 0 fully saturated rings. The fourth-order valence-electron chi connectivity index (χ4n) is 1.96. The summed E-state index contributed by atoms with van der Waals surface area (Å²) in [6, 6.07) is 0. The number of thioether (sulfide) groups is 1. The molecule has 0 amide bonds. The molecule has 0 aliphatic carbocycles. The van der Waals surface area contributed by atoms with Gasteiger partial charge in [-0.1, -0.05) is 18.7 Å². The number of fused-ring (bicyclic) bond motifs is 1. The van der Waals surface area contributed by atoms with Gasteiger partial charge in [-0.25, -0.2) is 14.3 Å². The van der Waals surface area contributed by atoms with Crippen molar-refractivity contribution in [3.8, 4) is 0 Å². The number of rotatable bonds is 5. The van der Waals surface area contributed by atoms with Crippen molar-refractivity contribution >= 4 is 28.9 Å². The number of nitrogens with zero attached hydrogens (tertiary/aromatic N) is 5. The van der Waals surface area contributed by atoms with Gasteiger partial charge in [-0.05, 0) is 6.42 Å². The van der Waals surface area contributed by atoms with E-state index in [0.717, 1.165) is 23.3 Å². The zero-order valence-corrected chi connectivity index (χ0v) is 12.2. The van der Waals surface area contributed by atoms with Crippen LogP contribution in [0.4, 0.5) is 0 Å². The number of aryl methyl sites for hydroxylation is 2. The zero-order chi connectivity index (χ0) is 14.2. The molecule has 2 rings (SSSR count). The van der Waals surface area contributed by atoms with Crippen molar-refractivity contribution in [2.75, 3.05) is 24.9 Å². The van der Waals surface area contributed by atoms with E-state index >= 15 is 0 Å². The Morgan fingerprint density at radius 1 is 1.47 bits per heavy atom. The van der Waals surface area contributed by atoms with Crippen LogP contribution >= 0.6 is 11.8 Å². The average Bonchev–Trinajstić information content (AvgIpc) is 2.84. The molecule has 1 N–H and O–H groups in total. The number of hydrogen-bond acceptors (Lipinski definition) is 5. The lowest BCUT2D eigenvalue weighted by Gasteiger charge is -2.17. The first-order valence-electron chi connectivity index (χ1n) is 5.92. The van der Waals surface area contributed by atoms with Crippen molar-refractivity contribution in [2.45, 2.75) is 18.5 Å². The first-order valence-corrected chi connectivity index (χ1v) is 6.90. The van der Waals surface area contributed by atoms with Crippen LogP contribution in [0.5, 0.6) is 0 Å². The third kappa shape index (κ3) is 2.40. The van der Waals surface area contributed by atoms with Crippen LogP contribution in [0, 0.1) is 0 Å². The second kappa shape index (κ2) is 5.12. The molecule has 0 atom stereocenters. The van der Waals surface area contributed by atoms with Gasteiger partial charge in [0.05, 0.1) is 11.4 Å². The maximum atomic E-state index is 10.7. The Bertz CT molecular complexity index is 616. The number of imidazole rings is 1. The Morgan fingerprint density at radius 3 is 2.68 bits per heavy atom. The lowest BCUT2D eigenvalue weighted by Crippen LogP contribution is -2.26. The molecule has 0 saturated heterocycles. The lowest BCUT2D eigenvalue weighted by molar-refractivity contribution is -0.133. The molecule has 8 heteroatoms. The van der Waals surface area contributed by atoms with Gasteiger partial charge in [0.15, 0.2) is 10.8 Å². The molecule has 0 aliphatic rings. The van der Waals surface area contributed by atoms with E-state index in [1.165, 1.54) is 11.8 Å². The number of carbonyl (C=O) groups is 1. The van der Waals surface area contributed by atoms with Gasteiger partial charge in [0.1, 0.15) is 5.52 Å². The van der Waals surface area contributed by atoms with Gasteiger partial charge in [0, 0.05) is 21.1 Å². The first-order chi connectivity index (χ1) is 8.95. The molecule has 104 valence electrons. The van der Waals surface area contributed by atoms with Gasteiger partial charge < -0.3 is 10.1 Å². The monoisotopic (exact) mass is 283 g/mol. The number of aliphatic carboxylic acids is 1. The molecule has 0 spiro atoms. The van der Waals surface area contributed by atoms with Crippen LogP contribution in [0.3, 0.4) is 0 Å². The molecule has 0 unspecified atom stereocenters. The summed E-state index contributed by atoms with van der Waals surface area (Å²) in [6.45, 7) is 2.03. The minimum Gasteiger partial charge on any atom is -0.481 e. The molecule has 2 aromatic rings. The van der Waals surface area contributed by atoms with Crippen molar-refractivity contribution in [1.82, 2.24) is 19.4 Å². The van der Waals surface area contributed by atoms with Gasteiger partial charge in [-0.3, -0.25) is 4.79 Å². The largest absolute Gasteiger partial charge is 0.481 e. The van der Waals surface area contributed by atoms with Crippen molar-refractivity contribution in [1.29, 1.82) is 0 Å². The van der Waals surface area contributed by atoms with Gasteiger partial charge >= 0.3 is 5.97 Å². The molecule has 0 saturated carbocycles. The smallest absolute Gasteiger partial charge is 0.313 e. The maximum absolute atomic E-state index is 10.7.